The molecule has 2 N–H and O–H groups in total. The van der Waals surface area contributed by atoms with Crippen LogP contribution in [0.4, 0.5) is 10.1 Å². The van der Waals surface area contributed by atoms with Crippen LogP contribution in [0.15, 0.2) is 48.5 Å². The van der Waals surface area contributed by atoms with Crippen molar-refractivity contribution in [2.75, 3.05) is 11.9 Å². The second kappa shape index (κ2) is 8.40. The molecule has 2 aromatic carbocycles. The summed E-state index contributed by atoms with van der Waals surface area (Å²) in [6.45, 7) is 7.04. The summed E-state index contributed by atoms with van der Waals surface area (Å²) < 4.78 is 15.1. The fraction of sp³-hybridized carbons (Fsp3) is 0.333. The molecule has 1 aliphatic rings. The van der Waals surface area contributed by atoms with Crippen molar-refractivity contribution >= 4 is 11.6 Å². The summed E-state index contributed by atoms with van der Waals surface area (Å²) in [4.78, 5) is 14.1. The van der Waals surface area contributed by atoms with Gasteiger partial charge in [-0.15, -0.1) is 0 Å². The maximum Gasteiger partial charge on any atom is 0.279 e. The first-order valence-electron chi connectivity index (χ1n) is 10.4. The standard InChI is InChI=1S/C24H27FN4O/c1-16-4-10-22(11-5-16)29-18(3)24(17(2)27-29)26-23(30)15-28(21-12-13-21)14-19-6-8-20(25)9-7-19/h4-11,21H,12-15H2,1-3H3,(H,26,30)/p+1. The molecule has 0 bridgehead atoms. The Morgan fingerprint density at radius 2 is 1.77 bits per heavy atom. The summed E-state index contributed by atoms with van der Waals surface area (Å²) in [5, 5.41) is 7.71. The molecule has 0 aliphatic heterocycles. The molecule has 0 spiro atoms. The van der Waals surface area contributed by atoms with Gasteiger partial charge in [0.15, 0.2) is 6.54 Å². The Bertz CT molecular complexity index is 1040. The molecule has 0 saturated heterocycles. The van der Waals surface area contributed by atoms with Crippen molar-refractivity contribution in [1.29, 1.82) is 0 Å². The minimum Gasteiger partial charge on any atom is -0.321 e. The number of hydrogen-bond acceptors (Lipinski definition) is 2. The van der Waals surface area contributed by atoms with E-state index < -0.39 is 0 Å². The first kappa shape index (κ1) is 20.3. The van der Waals surface area contributed by atoms with Crippen LogP contribution < -0.4 is 10.2 Å². The Hall–Kier alpha value is -2.99. The number of quaternary nitrogens is 1. The van der Waals surface area contributed by atoms with Crippen LogP contribution in [-0.2, 0) is 11.3 Å². The van der Waals surface area contributed by atoms with E-state index in [0.29, 0.717) is 12.6 Å². The molecule has 156 valence electrons. The third-order valence-electron chi connectivity index (χ3n) is 5.72. The fourth-order valence-electron chi connectivity index (χ4n) is 3.86. The SMILES string of the molecule is Cc1ccc(-n2nc(C)c(NC(=O)C[NH+](Cc3ccc(F)cc3)C3CC3)c2C)cc1. The van der Waals surface area contributed by atoms with E-state index in [4.69, 9.17) is 0 Å². The van der Waals surface area contributed by atoms with Crippen molar-refractivity contribution < 1.29 is 14.1 Å². The summed E-state index contributed by atoms with van der Waals surface area (Å²) in [6, 6.07) is 15.2. The van der Waals surface area contributed by atoms with Gasteiger partial charge < -0.3 is 10.2 Å². The van der Waals surface area contributed by atoms with Gasteiger partial charge in [-0.3, -0.25) is 4.79 Å². The molecule has 1 amide bonds. The number of carbonyl (C=O) groups excluding carboxylic acids is 1. The van der Waals surface area contributed by atoms with Crippen LogP contribution in [0, 0.1) is 26.6 Å². The average Bonchev–Trinajstić information content (AvgIpc) is 3.53. The quantitative estimate of drug-likeness (QED) is 0.632. The molecule has 30 heavy (non-hydrogen) atoms. The number of anilines is 1. The van der Waals surface area contributed by atoms with E-state index >= 15 is 0 Å². The largest absolute Gasteiger partial charge is 0.321 e. The number of nitrogens with zero attached hydrogens (tertiary/aromatic N) is 2. The third kappa shape index (κ3) is 4.60. The lowest BCUT2D eigenvalue weighted by Crippen LogP contribution is -3.13. The molecular formula is C24H28FN4O+. The van der Waals surface area contributed by atoms with Gasteiger partial charge in [0.2, 0.25) is 0 Å². The number of benzene rings is 2. The van der Waals surface area contributed by atoms with Crippen LogP contribution in [0.5, 0.6) is 0 Å². The first-order valence-corrected chi connectivity index (χ1v) is 10.4. The van der Waals surface area contributed by atoms with Crippen LogP contribution in [0.25, 0.3) is 5.69 Å². The summed E-state index contributed by atoms with van der Waals surface area (Å²) in [5.41, 5.74) is 5.70. The topological polar surface area (TPSA) is 51.4 Å². The van der Waals surface area contributed by atoms with Gasteiger partial charge in [0.1, 0.15) is 12.4 Å². The monoisotopic (exact) mass is 407 g/mol. The molecule has 1 saturated carbocycles. The first-order chi connectivity index (χ1) is 14.4. The number of aryl methyl sites for hydroxylation is 2. The number of amides is 1. The summed E-state index contributed by atoms with van der Waals surface area (Å²) >= 11 is 0. The second-order valence-corrected chi connectivity index (χ2v) is 8.25. The molecule has 0 radical (unpaired) electrons. The van der Waals surface area contributed by atoms with Crippen molar-refractivity contribution in [1.82, 2.24) is 9.78 Å². The molecule has 1 aromatic heterocycles. The molecule has 6 heteroatoms. The van der Waals surface area contributed by atoms with Crippen molar-refractivity contribution in [3.05, 3.63) is 76.9 Å². The Morgan fingerprint density at radius 3 is 2.40 bits per heavy atom. The minimum atomic E-state index is -0.235. The molecular weight excluding hydrogens is 379 g/mol. The average molecular weight is 408 g/mol. The van der Waals surface area contributed by atoms with Crippen molar-refractivity contribution in [3.8, 4) is 5.69 Å². The number of carbonyl (C=O) groups is 1. The van der Waals surface area contributed by atoms with Crippen molar-refractivity contribution in [3.63, 3.8) is 0 Å². The van der Waals surface area contributed by atoms with E-state index in [1.807, 2.05) is 30.7 Å². The Balaban J connectivity index is 1.46. The van der Waals surface area contributed by atoms with E-state index in [1.54, 1.807) is 12.1 Å². The number of aromatic nitrogens is 2. The van der Waals surface area contributed by atoms with Gasteiger partial charge in [-0.05, 0) is 45.0 Å². The predicted octanol–water partition coefficient (Wildman–Crippen LogP) is 3.12. The van der Waals surface area contributed by atoms with Crippen LogP contribution in [-0.4, -0.2) is 28.3 Å². The summed E-state index contributed by atoms with van der Waals surface area (Å²) in [6.07, 6.45) is 2.26. The van der Waals surface area contributed by atoms with Gasteiger partial charge >= 0.3 is 0 Å². The maximum absolute atomic E-state index is 13.2. The lowest BCUT2D eigenvalue weighted by Gasteiger charge is -2.19. The van der Waals surface area contributed by atoms with Gasteiger partial charge in [-0.25, -0.2) is 9.07 Å². The minimum absolute atomic E-state index is 0.0198. The molecule has 1 atom stereocenters. The van der Waals surface area contributed by atoms with Gasteiger partial charge in [-0.2, -0.15) is 5.10 Å². The predicted molar refractivity (Wildman–Crippen MR) is 115 cm³/mol. The number of hydrogen-bond donors (Lipinski definition) is 2. The molecule has 1 unspecified atom stereocenters. The van der Waals surface area contributed by atoms with E-state index in [9.17, 15) is 9.18 Å². The van der Waals surface area contributed by atoms with Crippen molar-refractivity contribution in [2.45, 2.75) is 46.2 Å². The summed E-state index contributed by atoms with van der Waals surface area (Å²) in [7, 11) is 0. The van der Waals surface area contributed by atoms with E-state index in [-0.39, 0.29) is 11.7 Å². The molecule has 1 aliphatic carbocycles. The van der Waals surface area contributed by atoms with Gasteiger partial charge in [0.25, 0.3) is 5.91 Å². The van der Waals surface area contributed by atoms with E-state index in [1.165, 1.54) is 22.6 Å². The van der Waals surface area contributed by atoms with Gasteiger partial charge in [0.05, 0.1) is 28.8 Å². The van der Waals surface area contributed by atoms with Gasteiger partial charge in [-0.1, -0.05) is 29.8 Å². The van der Waals surface area contributed by atoms with E-state index in [2.05, 4.69) is 29.5 Å². The normalized spacial score (nSPS) is 14.5. The third-order valence-corrected chi connectivity index (χ3v) is 5.72. The maximum atomic E-state index is 13.2. The van der Waals surface area contributed by atoms with Gasteiger partial charge in [0, 0.05) is 18.4 Å². The molecule has 4 rings (SSSR count). The van der Waals surface area contributed by atoms with Crippen LogP contribution in [0.2, 0.25) is 0 Å². The highest BCUT2D eigenvalue weighted by molar-refractivity contribution is 5.92. The molecule has 3 aromatic rings. The zero-order valence-electron chi connectivity index (χ0n) is 17.7. The highest BCUT2D eigenvalue weighted by Gasteiger charge is 2.34. The summed E-state index contributed by atoms with van der Waals surface area (Å²) in [5.74, 6) is -0.255. The number of rotatable bonds is 7. The highest BCUT2D eigenvalue weighted by Crippen LogP contribution is 2.23. The number of halogens is 1. The molecule has 1 heterocycles. The molecule has 5 nitrogen and oxygen atoms in total. The Kier molecular flexibility index (Phi) is 5.68. The smallest absolute Gasteiger partial charge is 0.279 e. The Morgan fingerprint density at radius 1 is 1.10 bits per heavy atom. The zero-order valence-corrected chi connectivity index (χ0v) is 17.7. The Labute approximate surface area is 176 Å². The van der Waals surface area contributed by atoms with Crippen LogP contribution >= 0.6 is 0 Å². The fourth-order valence-corrected chi connectivity index (χ4v) is 3.86. The zero-order chi connectivity index (χ0) is 21.3. The van der Waals surface area contributed by atoms with Crippen LogP contribution in [0.1, 0.15) is 35.4 Å². The second-order valence-electron chi connectivity index (χ2n) is 8.25. The number of nitrogens with one attached hydrogen (secondary N) is 2. The lowest BCUT2D eigenvalue weighted by atomic mass is 10.2. The molecule has 1 fully saturated rings. The van der Waals surface area contributed by atoms with Crippen molar-refractivity contribution in [2.24, 2.45) is 0 Å². The highest BCUT2D eigenvalue weighted by atomic mass is 19.1. The van der Waals surface area contributed by atoms with E-state index in [0.717, 1.165) is 47.7 Å². The lowest BCUT2D eigenvalue weighted by molar-refractivity contribution is -0.916. The van der Waals surface area contributed by atoms with Crippen LogP contribution in [0.3, 0.4) is 0 Å².